The number of carbonyl (C=O) groups is 2. The molecule has 1 aromatic rings. The highest BCUT2D eigenvalue weighted by atomic mass is 19.1. The van der Waals surface area contributed by atoms with Gasteiger partial charge in [-0.25, -0.2) is 13.6 Å². The highest BCUT2D eigenvalue weighted by Crippen LogP contribution is 2.24. The average Bonchev–Trinajstić information content (AvgIpc) is 2.22. The van der Waals surface area contributed by atoms with E-state index in [1.807, 2.05) is 0 Å². The average molecular weight is 229 g/mol. The van der Waals surface area contributed by atoms with Crippen LogP contribution >= 0.6 is 0 Å². The van der Waals surface area contributed by atoms with Gasteiger partial charge in [-0.1, -0.05) is 6.07 Å². The van der Waals surface area contributed by atoms with Crippen molar-refractivity contribution < 1.29 is 23.5 Å². The molecule has 0 aliphatic heterocycles. The van der Waals surface area contributed by atoms with E-state index in [4.69, 9.17) is 5.11 Å². The Morgan fingerprint density at radius 3 is 2.31 bits per heavy atom. The van der Waals surface area contributed by atoms with Gasteiger partial charge in [0.2, 0.25) is 6.41 Å². The fraction of sp³-hybridized carbons (Fsp3) is 0.200. The van der Waals surface area contributed by atoms with Crippen molar-refractivity contribution in [2.75, 3.05) is 7.05 Å². The second-order valence-electron chi connectivity index (χ2n) is 3.15. The van der Waals surface area contributed by atoms with Crippen LogP contribution < -0.4 is 0 Å². The molecule has 0 saturated carbocycles. The molecule has 1 N–H and O–H groups in total. The van der Waals surface area contributed by atoms with Gasteiger partial charge in [0, 0.05) is 7.05 Å². The lowest BCUT2D eigenvalue weighted by atomic mass is 10.0. The maximum absolute atomic E-state index is 13.3. The molecule has 1 atom stereocenters. The molecule has 0 radical (unpaired) electrons. The SMILES string of the molecule is CN(C=O)C(C(=O)O)c1c(F)cccc1F. The van der Waals surface area contributed by atoms with Crippen molar-refractivity contribution in [2.45, 2.75) is 6.04 Å². The summed E-state index contributed by atoms with van der Waals surface area (Å²) in [5.41, 5.74) is -0.649. The first-order valence-electron chi connectivity index (χ1n) is 4.33. The summed E-state index contributed by atoms with van der Waals surface area (Å²) < 4.78 is 26.6. The number of nitrogens with zero attached hydrogens (tertiary/aromatic N) is 1. The molecule has 86 valence electrons. The fourth-order valence-corrected chi connectivity index (χ4v) is 1.33. The monoisotopic (exact) mass is 229 g/mol. The van der Waals surface area contributed by atoms with Gasteiger partial charge in [-0.3, -0.25) is 4.79 Å². The molecule has 4 nitrogen and oxygen atoms in total. The first kappa shape index (κ1) is 12.1. The van der Waals surface area contributed by atoms with Crippen LogP contribution in [-0.4, -0.2) is 29.4 Å². The van der Waals surface area contributed by atoms with Gasteiger partial charge in [-0.2, -0.15) is 0 Å². The molecule has 6 heteroatoms. The van der Waals surface area contributed by atoms with E-state index in [-0.39, 0.29) is 6.41 Å². The van der Waals surface area contributed by atoms with Gasteiger partial charge in [0.05, 0.1) is 5.56 Å². The highest BCUT2D eigenvalue weighted by molar-refractivity contribution is 5.78. The van der Waals surface area contributed by atoms with Gasteiger partial charge in [-0.15, -0.1) is 0 Å². The Bertz CT molecular complexity index is 402. The predicted molar refractivity (Wildman–Crippen MR) is 50.6 cm³/mol. The van der Waals surface area contributed by atoms with E-state index in [9.17, 15) is 18.4 Å². The number of halogens is 2. The topological polar surface area (TPSA) is 57.6 Å². The predicted octanol–water partition coefficient (Wildman–Crippen LogP) is 1.18. The van der Waals surface area contributed by atoms with Gasteiger partial charge in [0.15, 0.2) is 6.04 Å². The third-order valence-corrected chi connectivity index (χ3v) is 2.08. The number of hydrogen-bond donors (Lipinski definition) is 1. The molecule has 1 rings (SSSR count). The van der Waals surface area contributed by atoms with Gasteiger partial charge in [0.25, 0.3) is 0 Å². The Morgan fingerprint density at radius 2 is 1.94 bits per heavy atom. The summed E-state index contributed by atoms with van der Waals surface area (Å²) >= 11 is 0. The Labute approximate surface area is 90.1 Å². The van der Waals surface area contributed by atoms with E-state index in [0.29, 0.717) is 4.90 Å². The largest absolute Gasteiger partial charge is 0.479 e. The summed E-state index contributed by atoms with van der Waals surface area (Å²) in [6.45, 7) is 0. The van der Waals surface area contributed by atoms with E-state index in [0.717, 1.165) is 25.2 Å². The zero-order valence-electron chi connectivity index (χ0n) is 8.35. The number of hydrogen-bond acceptors (Lipinski definition) is 2. The standard InChI is InChI=1S/C10H9F2NO3/c1-13(5-14)9(10(15)16)8-6(11)3-2-4-7(8)12/h2-5,9H,1H3,(H,15,16). The van der Waals surface area contributed by atoms with Crippen molar-refractivity contribution >= 4 is 12.4 Å². The van der Waals surface area contributed by atoms with Crippen molar-refractivity contribution in [1.29, 1.82) is 0 Å². The zero-order chi connectivity index (χ0) is 12.3. The zero-order valence-corrected chi connectivity index (χ0v) is 8.35. The number of rotatable bonds is 4. The van der Waals surface area contributed by atoms with Crippen LogP contribution in [0.4, 0.5) is 8.78 Å². The maximum atomic E-state index is 13.3. The Morgan fingerprint density at radius 1 is 1.44 bits per heavy atom. The summed E-state index contributed by atoms with van der Waals surface area (Å²) in [6, 6.07) is 1.33. The second kappa shape index (κ2) is 4.69. The van der Waals surface area contributed by atoms with E-state index in [1.54, 1.807) is 0 Å². The summed E-state index contributed by atoms with van der Waals surface area (Å²) in [4.78, 5) is 22.0. The van der Waals surface area contributed by atoms with Crippen LogP contribution in [0.3, 0.4) is 0 Å². The minimum absolute atomic E-state index is 0.199. The van der Waals surface area contributed by atoms with E-state index in [2.05, 4.69) is 0 Å². The number of likely N-dealkylation sites (N-methyl/N-ethyl adjacent to an activating group) is 1. The maximum Gasteiger partial charge on any atom is 0.331 e. The van der Waals surface area contributed by atoms with Crippen molar-refractivity contribution in [3.05, 3.63) is 35.4 Å². The molecule has 0 heterocycles. The number of carbonyl (C=O) groups excluding carboxylic acids is 1. The number of carboxylic acid groups (broad SMARTS) is 1. The van der Waals surface area contributed by atoms with Crippen LogP contribution in [0.2, 0.25) is 0 Å². The molecular weight excluding hydrogens is 220 g/mol. The van der Waals surface area contributed by atoms with Crippen molar-refractivity contribution in [1.82, 2.24) is 4.90 Å². The molecule has 0 spiro atoms. The fourth-order valence-electron chi connectivity index (χ4n) is 1.33. The molecule has 0 bridgehead atoms. The number of aliphatic carboxylic acids is 1. The summed E-state index contributed by atoms with van der Waals surface area (Å²) in [5, 5.41) is 8.84. The van der Waals surface area contributed by atoms with Crippen LogP contribution in [0.1, 0.15) is 11.6 Å². The van der Waals surface area contributed by atoms with Gasteiger partial charge in [-0.05, 0) is 12.1 Å². The molecule has 1 amide bonds. The van der Waals surface area contributed by atoms with Crippen LogP contribution in [0, 0.1) is 11.6 Å². The number of amides is 1. The smallest absolute Gasteiger partial charge is 0.331 e. The second-order valence-corrected chi connectivity index (χ2v) is 3.15. The van der Waals surface area contributed by atoms with Gasteiger partial charge < -0.3 is 10.0 Å². The van der Waals surface area contributed by atoms with Gasteiger partial charge >= 0.3 is 5.97 Å². The Hall–Kier alpha value is -1.98. The van der Waals surface area contributed by atoms with Crippen molar-refractivity contribution in [3.63, 3.8) is 0 Å². The van der Waals surface area contributed by atoms with E-state index < -0.39 is 29.2 Å². The molecular formula is C10H9F2NO3. The molecule has 0 aliphatic carbocycles. The van der Waals surface area contributed by atoms with Crippen LogP contribution in [0.5, 0.6) is 0 Å². The van der Waals surface area contributed by atoms with Crippen LogP contribution in [-0.2, 0) is 9.59 Å². The Balaban J connectivity index is 3.31. The van der Waals surface area contributed by atoms with E-state index >= 15 is 0 Å². The lowest BCUT2D eigenvalue weighted by molar-refractivity contribution is -0.146. The molecule has 0 aromatic heterocycles. The normalized spacial score (nSPS) is 11.9. The first-order chi connectivity index (χ1) is 7.49. The van der Waals surface area contributed by atoms with Crippen LogP contribution in [0.15, 0.2) is 18.2 Å². The highest BCUT2D eigenvalue weighted by Gasteiger charge is 2.29. The third-order valence-electron chi connectivity index (χ3n) is 2.08. The molecule has 16 heavy (non-hydrogen) atoms. The third kappa shape index (κ3) is 2.16. The van der Waals surface area contributed by atoms with Gasteiger partial charge in [0.1, 0.15) is 11.6 Å². The lowest BCUT2D eigenvalue weighted by Gasteiger charge is -2.21. The molecule has 0 saturated heterocycles. The van der Waals surface area contributed by atoms with Crippen LogP contribution in [0.25, 0.3) is 0 Å². The molecule has 1 unspecified atom stereocenters. The van der Waals surface area contributed by atoms with E-state index in [1.165, 1.54) is 0 Å². The summed E-state index contributed by atoms with van der Waals surface area (Å²) in [5.74, 6) is -3.50. The number of benzene rings is 1. The first-order valence-corrected chi connectivity index (χ1v) is 4.33. The molecule has 0 fully saturated rings. The summed E-state index contributed by atoms with van der Waals surface area (Å²) in [7, 11) is 1.14. The Kier molecular flexibility index (Phi) is 3.55. The lowest BCUT2D eigenvalue weighted by Crippen LogP contribution is -2.31. The minimum atomic E-state index is -1.67. The quantitative estimate of drug-likeness (QED) is 0.788. The molecule has 1 aromatic carbocycles. The molecule has 0 aliphatic rings. The number of carboxylic acids is 1. The minimum Gasteiger partial charge on any atom is -0.479 e. The van der Waals surface area contributed by atoms with Crippen molar-refractivity contribution in [2.24, 2.45) is 0 Å². The van der Waals surface area contributed by atoms with Crippen molar-refractivity contribution in [3.8, 4) is 0 Å². The summed E-state index contributed by atoms with van der Waals surface area (Å²) in [6.07, 6.45) is 0.199.